The van der Waals surface area contributed by atoms with Crippen LogP contribution in [0.2, 0.25) is 0 Å². The predicted molar refractivity (Wildman–Crippen MR) is 142 cm³/mol. The second kappa shape index (κ2) is 18.6. The van der Waals surface area contributed by atoms with Crippen LogP contribution in [-0.4, -0.2) is 47.2 Å². The van der Waals surface area contributed by atoms with Crippen molar-refractivity contribution in [2.45, 2.75) is 167 Å². The molecule has 1 saturated heterocycles. The van der Waals surface area contributed by atoms with E-state index >= 15 is 0 Å². The lowest BCUT2D eigenvalue weighted by molar-refractivity contribution is -0.143. The summed E-state index contributed by atoms with van der Waals surface area (Å²) in [5.74, 6) is 0.629. The molecule has 5 heteroatoms. The maximum absolute atomic E-state index is 12.0. The summed E-state index contributed by atoms with van der Waals surface area (Å²) in [5.41, 5.74) is 0. The van der Waals surface area contributed by atoms with E-state index < -0.39 is 0 Å². The van der Waals surface area contributed by atoms with E-state index in [1.807, 2.05) is 0 Å². The number of carbonyl (C=O) groups excluding carboxylic acids is 1. The molecule has 2 aliphatic rings. The van der Waals surface area contributed by atoms with Crippen LogP contribution < -0.4 is 0 Å². The Kier molecular flexibility index (Phi) is 16.2. The molecular weight excluding hydrogens is 440 g/mol. The molecule has 6 atom stereocenters. The van der Waals surface area contributed by atoms with Gasteiger partial charge in [0, 0.05) is 12.8 Å². The number of aliphatic hydroxyl groups excluding tert-OH is 2. The highest BCUT2D eigenvalue weighted by Gasteiger charge is 2.48. The second-order valence-corrected chi connectivity index (χ2v) is 11.3. The van der Waals surface area contributed by atoms with Gasteiger partial charge in [-0.1, -0.05) is 84.5 Å². The van der Waals surface area contributed by atoms with Crippen LogP contribution in [0.4, 0.5) is 0 Å². The van der Waals surface area contributed by atoms with Crippen LogP contribution in [0.5, 0.6) is 0 Å². The Hall–Kier alpha value is -0.650. The van der Waals surface area contributed by atoms with Gasteiger partial charge < -0.3 is 19.7 Å². The standard InChI is InChI=1S/C30H56O5/c1-3-5-7-8-9-10-11-15-21-34-30(33)18-14-13-17-25-22-27-26(28(32)23-29(27)35-25)20-19-24(31)16-12-6-4-2/h24-29,31-32H,3-23H2,1-2H3/t24-,25-,26+,27+,28+,29-/m0/s1. The Bertz CT molecular complexity index is 539. The summed E-state index contributed by atoms with van der Waals surface area (Å²) in [7, 11) is 0. The number of carbonyl (C=O) groups is 1. The molecule has 1 heterocycles. The summed E-state index contributed by atoms with van der Waals surface area (Å²) in [4.78, 5) is 12.0. The summed E-state index contributed by atoms with van der Waals surface area (Å²) >= 11 is 0. The fourth-order valence-electron chi connectivity index (χ4n) is 6.12. The molecule has 1 saturated carbocycles. The summed E-state index contributed by atoms with van der Waals surface area (Å²) < 4.78 is 11.7. The van der Waals surface area contributed by atoms with Gasteiger partial charge in [-0.15, -0.1) is 0 Å². The topological polar surface area (TPSA) is 76.0 Å². The Morgan fingerprint density at radius 1 is 0.857 bits per heavy atom. The van der Waals surface area contributed by atoms with Crippen molar-refractivity contribution in [2.75, 3.05) is 6.61 Å². The van der Waals surface area contributed by atoms with Gasteiger partial charge in [0.15, 0.2) is 0 Å². The van der Waals surface area contributed by atoms with Crippen molar-refractivity contribution in [3.8, 4) is 0 Å². The van der Waals surface area contributed by atoms with Gasteiger partial charge in [-0.2, -0.15) is 0 Å². The van der Waals surface area contributed by atoms with Crippen molar-refractivity contribution < 1.29 is 24.5 Å². The van der Waals surface area contributed by atoms with Crippen LogP contribution in [0.25, 0.3) is 0 Å². The molecule has 0 radical (unpaired) electrons. The minimum atomic E-state index is -0.287. The van der Waals surface area contributed by atoms with E-state index in [4.69, 9.17) is 9.47 Å². The van der Waals surface area contributed by atoms with Crippen LogP contribution in [-0.2, 0) is 14.3 Å². The minimum absolute atomic E-state index is 0.0576. The number of hydrogen-bond acceptors (Lipinski definition) is 5. The zero-order valence-corrected chi connectivity index (χ0v) is 22.9. The van der Waals surface area contributed by atoms with Crippen LogP contribution >= 0.6 is 0 Å². The van der Waals surface area contributed by atoms with E-state index in [0.29, 0.717) is 18.9 Å². The minimum Gasteiger partial charge on any atom is -0.466 e. The quantitative estimate of drug-likeness (QED) is 0.131. The lowest BCUT2D eigenvalue weighted by atomic mass is 9.85. The maximum atomic E-state index is 12.0. The average Bonchev–Trinajstić information content (AvgIpc) is 3.35. The number of esters is 1. The monoisotopic (exact) mass is 496 g/mol. The Balaban J connectivity index is 1.49. The van der Waals surface area contributed by atoms with Crippen molar-refractivity contribution in [1.82, 2.24) is 0 Å². The van der Waals surface area contributed by atoms with Gasteiger partial charge in [-0.3, -0.25) is 4.79 Å². The van der Waals surface area contributed by atoms with E-state index in [1.54, 1.807) is 0 Å². The van der Waals surface area contributed by atoms with Crippen molar-refractivity contribution >= 4 is 5.97 Å². The number of fused-ring (bicyclic) bond motifs is 1. The van der Waals surface area contributed by atoms with Crippen LogP contribution in [0.1, 0.15) is 142 Å². The van der Waals surface area contributed by atoms with Gasteiger partial charge in [-0.25, -0.2) is 0 Å². The summed E-state index contributed by atoms with van der Waals surface area (Å²) in [6.45, 7) is 5.00. The van der Waals surface area contributed by atoms with Gasteiger partial charge in [0.05, 0.1) is 31.0 Å². The molecule has 0 spiro atoms. The van der Waals surface area contributed by atoms with E-state index in [9.17, 15) is 15.0 Å². The molecule has 0 bridgehead atoms. The van der Waals surface area contributed by atoms with Crippen LogP contribution in [0, 0.1) is 11.8 Å². The zero-order chi connectivity index (χ0) is 25.3. The number of aliphatic hydroxyl groups is 2. The predicted octanol–water partition coefficient (Wildman–Crippen LogP) is 7.11. The molecule has 1 aliphatic carbocycles. The summed E-state index contributed by atoms with van der Waals surface area (Å²) in [5, 5.41) is 20.8. The molecule has 35 heavy (non-hydrogen) atoms. The first-order chi connectivity index (χ1) is 17.0. The van der Waals surface area contributed by atoms with Crippen molar-refractivity contribution in [2.24, 2.45) is 11.8 Å². The van der Waals surface area contributed by atoms with Gasteiger partial charge in [0.25, 0.3) is 0 Å². The maximum Gasteiger partial charge on any atom is 0.305 e. The summed E-state index contributed by atoms with van der Waals surface area (Å²) in [6.07, 6.45) is 21.1. The molecule has 0 unspecified atom stereocenters. The highest BCUT2D eigenvalue weighted by molar-refractivity contribution is 5.69. The molecule has 1 aliphatic heterocycles. The first kappa shape index (κ1) is 30.6. The van der Waals surface area contributed by atoms with E-state index in [-0.39, 0.29) is 36.3 Å². The third-order valence-corrected chi connectivity index (χ3v) is 8.29. The normalized spacial score (nSPS) is 26.7. The number of rotatable bonds is 21. The fraction of sp³-hybridized carbons (Fsp3) is 0.967. The van der Waals surface area contributed by atoms with E-state index in [0.717, 1.165) is 70.6 Å². The largest absolute Gasteiger partial charge is 0.466 e. The molecule has 0 amide bonds. The highest BCUT2D eigenvalue weighted by Crippen LogP contribution is 2.46. The second-order valence-electron chi connectivity index (χ2n) is 11.3. The Morgan fingerprint density at radius 3 is 2.29 bits per heavy atom. The van der Waals surface area contributed by atoms with Gasteiger partial charge in [0.1, 0.15) is 0 Å². The lowest BCUT2D eigenvalue weighted by Gasteiger charge is -2.22. The average molecular weight is 497 g/mol. The molecule has 2 fully saturated rings. The molecule has 0 aromatic carbocycles. The van der Waals surface area contributed by atoms with E-state index in [2.05, 4.69) is 13.8 Å². The van der Waals surface area contributed by atoms with E-state index in [1.165, 1.54) is 51.4 Å². The van der Waals surface area contributed by atoms with Crippen molar-refractivity contribution in [1.29, 1.82) is 0 Å². The molecule has 5 nitrogen and oxygen atoms in total. The van der Waals surface area contributed by atoms with Gasteiger partial charge >= 0.3 is 5.97 Å². The Labute approximate surface area is 215 Å². The molecule has 0 aromatic rings. The van der Waals surface area contributed by atoms with Crippen LogP contribution in [0.15, 0.2) is 0 Å². The van der Waals surface area contributed by atoms with Gasteiger partial charge in [0.2, 0.25) is 0 Å². The van der Waals surface area contributed by atoms with Crippen molar-refractivity contribution in [3.05, 3.63) is 0 Å². The number of unbranched alkanes of at least 4 members (excludes halogenated alkanes) is 10. The fourth-order valence-corrected chi connectivity index (χ4v) is 6.12. The first-order valence-corrected chi connectivity index (χ1v) is 15.2. The highest BCUT2D eigenvalue weighted by atomic mass is 16.5. The smallest absolute Gasteiger partial charge is 0.305 e. The number of ether oxygens (including phenoxy) is 2. The van der Waals surface area contributed by atoms with Crippen molar-refractivity contribution in [3.63, 3.8) is 0 Å². The molecular formula is C30H56O5. The number of hydrogen-bond donors (Lipinski definition) is 2. The Morgan fingerprint density at radius 2 is 1.54 bits per heavy atom. The van der Waals surface area contributed by atoms with Crippen LogP contribution in [0.3, 0.4) is 0 Å². The molecule has 2 rings (SSSR count). The molecule has 206 valence electrons. The lowest BCUT2D eigenvalue weighted by Crippen LogP contribution is -2.22. The zero-order valence-electron chi connectivity index (χ0n) is 22.9. The first-order valence-electron chi connectivity index (χ1n) is 15.2. The molecule has 2 N–H and O–H groups in total. The third kappa shape index (κ3) is 12.4. The molecule has 0 aromatic heterocycles. The third-order valence-electron chi connectivity index (χ3n) is 8.29. The summed E-state index contributed by atoms with van der Waals surface area (Å²) in [6, 6.07) is 0. The van der Waals surface area contributed by atoms with Gasteiger partial charge in [-0.05, 0) is 56.8 Å². The SMILES string of the molecule is CCCCCCCCCCOC(=O)CCCC[C@H]1C[C@@H]2[C@@H](CC[C@@H](O)CCCCC)[C@H](O)C[C@@H]2O1.